The van der Waals surface area contributed by atoms with Crippen molar-refractivity contribution in [2.75, 3.05) is 30.3 Å². The van der Waals surface area contributed by atoms with Crippen LogP contribution in [0.2, 0.25) is 10.0 Å². The number of aliphatic hydroxyl groups excluding tert-OH is 1. The van der Waals surface area contributed by atoms with Gasteiger partial charge in [-0.1, -0.05) is 35.3 Å². The van der Waals surface area contributed by atoms with E-state index < -0.39 is 0 Å². The third-order valence-corrected chi connectivity index (χ3v) is 7.05. The SMILES string of the molecule is C[C@@H]1OCC2(CCN(c3nc(N)c(-c4cccc(Cl)c4Cl)nc3CO)CC2)[C@@H]1N. The zero-order valence-electron chi connectivity index (χ0n) is 16.2. The molecule has 1 aromatic carbocycles. The standard InChI is InChI=1S/C20H25Cl2N5O2/c1-11-17(23)20(10-29-11)5-7-27(8-6-20)19-14(9-28)25-16(18(24)26-19)12-3-2-4-13(21)15(12)22/h2-4,11,17,28H,5-10,23H2,1H3,(H2,24,26)/t11-,17+/m0/s1. The van der Waals surface area contributed by atoms with Crippen molar-refractivity contribution in [3.05, 3.63) is 33.9 Å². The maximum absolute atomic E-state index is 9.95. The molecule has 2 saturated heterocycles. The summed E-state index contributed by atoms with van der Waals surface area (Å²) in [6.07, 6.45) is 1.87. The van der Waals surface area contributed by atoms with Gasteiger partial charge in [-0.15, -0.1) is 0 Å². The van der Waals surface area contributed by atoms with Gasteiger partial charge in [0.15, 0.2) is 11.6 Å². The Balaban J connectivity index is 1.63. The largest absolute Gasteiger partial charge is 0.390 e. The lowest BCUT2D eigenvalue weighted by atomic mass is 9.73. The second-order valence-corrected chi connectivity index (χ2v) is 8.66. The van der Waals surface area contributed by atoms with E-state index in [0.29, 0.717) is 39.4 Å². The molecule has 0 aliphatic carbocycles. The number of anilines is 2. The molecule has 4 rings (SSSR count). The van der Waals surface area contributed by atoms with Gasteiger partial charge in [-0.25, -0.2) is 9.97 Å². The number of benzene rings is 1. The van der Waals surface area contributed by atoms with Gasteiger partial charge in [-0.05, 0) is 25.8 Å². The van der Waals surface area contributed by atoms with Gasteiger partial charge in [-0.3, -0.25) is 0 Å². The molecule has 0 amide bonds. The zero-order valence-corrected chi connectivity index (χ0v) is 17.7. The number of aromatic nitrogens is 2. The normalized spacial score (nSPS) is 23.7. The average Bonchev–Trinajstić information content (AvgIpc) is 2.99. The third-order valence-electron chi connectivity index (χ3n) is 6.24. The molecule has 2 fully saturated rings. The lowest BCUT2D eigenvalue weighted by Crippen LogP contribution is -2.51. The van der Waals surface area contributed by atoms with Gasteiger partial charge < -0.3 is 26.2 Å². The highest BCUT2D eigenvalue weighted by Gasteiger charge is 2.47. The molecule has 156 valence electrons. The molecule has 3 heterocycles. The van der Waals surface area contributed by atoms with Crippen LogP contribution in [0.1, 0.15) is 25.5 Å². The summed E-state index contributed by atoms with van der Waals surface area (Å²) in [6.45, 7) is 3.97. The van der Waals surface area contributed by atoms with Crippen LogP contribution in [0.3, 0.4) is 0 Å². The second-order valence-electron chi connectivity index (χ2n) is 7.88. The Morgan fingerprint density at radius 3 is 2.62 bits per heavy atom. The minimum Gasteiger partial charge on any atom is -0.390 e. The van der Waals surface area contributed by atoms with Gasteiger partial charge in [0.2, 0.25) is 0 Å². The van der Waals surface area contributed by atoms with Crippen LogP contribution < -0.4 is 16.4 Å². The number of piperidine rings is 1. The number of nitrogens with two attached hydrogens (primary N) is 2. The smallest absolute Gasteiger partial charge is 0.155 e. The van der Waals surface area contributed by atoms with Crippen molar-refractivity contribution in [1.82, 2.24) is 9.97 Å². The fourth-order valence-electron chi connectivity index (χ4n) is 4.35. The molecule has 9 heteroatoms. The summed E-state index contributed by atoms with van der Waals surface area (Å²) < 4.78 is 5.79. The molecule has 1 spiro atoms. The van der Waals surface area contributed by atoms with Crippen LogP contribution in [0.4, 0.5) is 11.6 Å². The predicted octanol–water partition coefficient (Wildman–Crippen LogP) is 2.86. The summed E-state index contributed by atoms with van der Waals surface area (Å²) in [6, 6.07) is 5.28. The van der Waals surface area contributed by atoms with Gasteiger partial charge in [-0.2, -0.15) is 0 Å². The first-order chi connectivity index (χ1) is 13.9. The lowest BCUT2D eigenvalue weighted by Gasteiger charge is -2.42. The Morgan fingerprint density at radius 2 is 2.00 bits per heavy atom. The van der Waals surface area contributed by atoms with Gasteiger partial charge in [0.25, 0.3) is 0 Å². The Bertz CT molecular complexity index is 918. The fourth-order valence-corrected chi connectivity index (χ4v) is 4.74. The maximum Gasteiger partial charge on any atom is 0.155 e. The number of hydrogen-bond donors (Lipinski definition) is 3. The molecule has 0 bridgehead atoms. The molecule has 2 aliphatic rings. The monoisotopic (exact) mass is 437 g/mol. The van der Waals surface area contributed by atoms with Gasteiger partial charge in [0, 0.05) is 30.1 Å². The number of nitrogen functional groups attached to an aromatic ring is 1. The van der Waals surface area contributed by atoms with Crippen LogP contribution >= 0.6 is 23.2 Å². The van der Waals surface area contributed by atoms with Crippen molar-refractivity contribution in [1.29, 1.82) is 0 Å². The number of hydrogen-bond acceptors (Lipinski definition) is 7. The quantitative estimate of drug-likeness (QED) is 0.676. The number of nitrogens with zero attached hydrogens (tertiary/aromatic N) is 3. The van der Waals surface area contributed by atoms with E-state index in [1.807, 2.05) is 6.92 Å². The Kier molecular flexibility index (Phi) is 5.61. The summed E-state index contributed by atoms with van der Waals surface area (Å²) in [5.74, 6) is 0.846. The first-order valence-electron chi connectivity index (χ1n) is 9.70. The van der Waals surface area contributed by atoms with E-state index in [0.717, 1.165) is 25.9 Å². The van der Waals surface area contributed by atoms with Gasteiger partial charge in [0.1, 0.15) is 11.4 Å². The molecule has 2 atom stereocenters. The summed E-state index contributed by atoms with van der Waals surface area (Å²) in [4.78, 5) is 11.3. The summed E-state index contributed by atoms with van der Waals surface area (Å²) >= 11 is 12.5. The molecule has 2 aromatic rings. The van der Waals surface area contributed by atoms with Crippen LogP contribution in [-0.4, -0.2) is 46.9 Å². The van der Waals surface area contributed by atoms with E-state index in [4.69, 9.17) is 39.4 Å². The van der Waals surface area contributed by atoms with E-state index in [-0.39, 0.29) is 30.0 Å². The minimum atomic E-state index is -0.255. The van der Waals surface area contributed by atoms with E-state index in [9.17, 15) is 5.11 Å². The van der Waals surface area contributed by atoms with Gasteiger partial charge in [0.05, 0.1) is 29.4 Å². The molecule has 7 nitrogen and oxygen atoms in total. The fraction of sp³-hybridized carbons (Fsp3) is 0.500. The maximum atomic E-state index is 9.95. The molecule has 0 radical (unpaired) electrons. The van der Waals surface area contributed by atoms with Crippen LogP contribution in [0.5, 0.6) is 0 Å². The topological polar surface area (TPSA) is 111 Å². The molecule has 5 N–H and O–H groups in total. The summed E-state index contributed by atoms with van der Waals surface area (Å²) in [7, 11) is 0. The van der Waals surface area contributed by atoms with Crippen molar-refractivity contribution in [3.8, 4) is 11.3 Å². The number of aliphatic hydroxyl groups is 1. The highest BCUT2D eigenvalue weighted by Crippen LogP contribution is 2.42. The second kappa shape index (κ2) is 7.89. The first kappa shape index (κ1) is 20.6. The summed E-state index contributed by atoms with van der Waals surface area (Å²) in [5, 5.41) is 10.7. The molecule has 29 heavy (non-hydrogen) atoms. The molecule has 2 aliphatic heterocycles. The van der Waals surface area contributed by atoms with E-state index in [1.54, 1.807) is 18.2 Å². The summed E-state index contributed by atoms with van der Waals surface area (Å²) in [5.41, 5.74) is 14.1. The van der Waals surface area contributed by atoms with Crippen molar-refractivity contribution in [2.24, 2.45) is 11.1 Å². The highest BCUT2D eigenvalue weighted by molar-refractivity contribution is 6.43. The van der Waals surface area contributed by atoms with Crippen molar-refractivity contribution < 1.29 is 9.84 Å². The molecular formula is C20H25Cl2N5O2. The minimum absolute atomic E-state index is 0.00250. The molecule has 0 unspecified atom stereocenters. The average molecular weight is 438 g/mol. The van der Waals surface area contributed by atoms with Crippen molar-refractivity contribution in [2.45, 2.75) is 38.5 Å². The highest BCUT2D eigenvalue weighted by atomic mass is 35.5. The van der Waals surface area contributed by atoms with Crippen molar-refractivity contribution in [3.63, 3.8) is 0 Å². The lowest BCUT2D eigenvalue weighted by molar-refractivity contribution is 0.0973. The van der Waals surface area contributed by atoms with E-state index in [2.05, 4.69) is 14.9 Å². The van der Waals surface area contributed by atoms with E-state index in [1.165, 1.54) is 0 Å². The predicted molar refractivity (Wildman–Crippen MR) is 115 cm³/mol. The van der Waals surface area contributed by atoms with Crippen molar-refractivity contribution >= 4 is 34.8 Å². The Morgan fingerprint density at radius 1 is 1.28 bits per heavy atom. The first-order valence-corrected chi connectivity index (χ1v) is 10.5. The number of ether oxygens (including phenoxy) is 1. The Hall–Kier alpha value is -1.64. The molecule has 0 saturated carbocycles. The van der Waals surface area contributed by atoms with Crippen LogP contribution in [0.25, 0.3) is 11.3 Å². The van der Waals surface area contributed by atoms with Gasteiger partial charge >= 0.3 is 0 Å². The number of halogens is 2. The Labute approximate surface area is 180 Å². The van der Waals surface area contributed by atoms with Crippen LogP contribution in [0, 0.1) is 5.41 Å². The van der Waals surface area contributed by atoms with Crippen LogP contribution in [-0.2, 0) is 11.3 Å². The zero-order chi connectivity index (χ0) is 20.8. The van der Waals surface area contributed by atoms with Crippen LogP contribution in [0.15, 0.2) is 18.2 Å². The number of rotatable bonds is 3. The molecular weight excluding hydrogens is 413 g/mol. The third kappa shape index (κ3) is 3.55. The van der Waals surface area contributed by atoms with E-state index >= 15 is 0 Å². The molecule has 1 aromatic heterocycles.